The fourth-order valence-electron chi connectivity index (χ4n) is 0.796. The zero-order chi connectivity index (χ0) is 9.68. The Balaban J connectivity index is 2.60. The summed E-state index contributed by atoms with van der Waals surface area (Å²) in [4.78, 5) is 21.9. The van der Waals surface area contributed by atoms with Crippen molar-refractivity contribution in [3.8, 4) is 0 Å². The molecule has 1 aromatic carbocycles. The second-order valence-electron chi connectivity index (χ2n) is 2.31. The maximum Gasteiger partial charge on any atom is 0.302 e. The van der Waals surface area contributed by atoms with Gasteiger partial charge in [0, 0.05) is 5.69 Å². The largest absolute Gasteiger partial charge is 0.319 e. The first kappa shape index (κ1) is 9.80. The molecule has 0 atom stereocenters. The summed E-state index contributed by atoms with van der Waals surface area (Å²) < 4.78 is 0. The van der Waals surface area contributed by atoms with E-state index >= 15 is 0 Å². The molecule has 13 heavy (non-hydrogen) atoms. The van der Waals surface area contributed by atoms with Crippen LogP contribution in [-0.2, 0) is 9.59 Å². The Hall–Kier alpha value is -1.29. The number of anilines is 1. The molecule has 0 aliphatic heterocycles. The number of hydrogen-bond acceptors (Lipinski definition) is 3. The van der Waals surface area contributed by atoms with Crippen molar-refractivity contribution in [3.63, 3.8) is 0 Å². The van der Waals surface area contributed by atoms with Crippen molar-refractivity contribution in [3.05, 3.63) is 30.3 Å². The molecule has 0 aliphatic rings. The van der Waals surface area contributed by atoms with Crippen molar-refractivity contribution >= 4 is 28.5 Å². The number of rotatable bonds is 1. The van der Waals surface area contributed by atoms with E-state index in [9.17, 15) is 9.59 Å². The van der Waals surface area contributed by atoms with Gasteiger partial charge in [-0.05, 0) is 18.4 Å². The van der Waals surface area contributed by atoms with Crippen molar-refractivity contribution in [2.75, 3.05) is 11.6 Å². The molecule has 0 saturated carbocycles. The minimum Gasteiger partial charge on any atom is -0.319 e. The lowest BCUT2D eigenvalue weighted by Gasteiger charge is -2.01. The average molecular weight is 195 g/mol. The summed E-state index contributed by atoms with van der Waals surface area (Å²) in [6.45, 7) is 0. The molecule has 1 amide bonds. The minimum absolute atomic E-state index is 0.483. The van der Waals surface area contributed by atoms with Gasteiger partial charge in [-0.2, -0.15) is 0 Å². The van der Waals surface area contributed by atoms with Crippen molar-refractivity contribution < 1.29 is 9.59 Å². The highest BCUT2D eigenvalue weighted by Gasteiger charge is 2.10. The zero-order valence-corrected chi connectivity index (χ0v) is 7.93. The van der Waals surface area contributed by atoms with Gasteiger partial charge < -0.3 is 5.32 Å². The molecule has 0 radical (unpaired) electrons. The summed E-state index contributed by atoms with van der Waals surface area (Å²) in [5, 5.41) is 2.00. The van der Waals surface area contributed by atoms with E-state index in [4.69, 9.17) is 0 Å². The van der Waals surface area contributed by atoms with Crippen molar-refractivity contribution in [2.45, 2.75) is 0 Å². The molecule has 0 fully saturated rings. The lowest BCUT2D eigenvalue weighted by molar-refractivity contribution is -0.129. The molecular weight excluding hydrogens is 186 g/mol. The van der Waals surface area contributed by atoms with E-state index in [-0.39, 0.29) is 0 Å². The second-order valence-corrected chi connectivity index (χ2v) is 3.09. The van der Waals surface area contributed by atoms with Crippen LogP contribution in [0.25, 0.3) is 0 Å². The van der Waals surface area contributed by atoms with E-state index in [2.05, 4.69) is 5.32 Å². The van der Waals surface area contributed by atoms with Crippen LogP contribution in [-0.4, -0.2) is 17.3 Å². The topological polar surface area (TPSA) is 46.2 Å². The summed E-state index contributed by atoms with van der Waals surface area (Å²) in [6.07, 6.45) is 1.58. The van der Waals surface area contributed by atoms with Gasteiger partial charge in [0.25, 0.3) is 5.12 Å². The summed E-state index contributed by atoms with van der Waals surface area (Å²) in [7, 11) is 0. The Bertz CT molecular complexity index is 311. The lowest BCUT2D eigenvalue weighted by atomic mass is 10.3. The normalized spacial score (nSPS) is 9.31. The van der Waals surface area contributed by atoms with Crippen LogP contribution in [0.15, 0.2) is 30.3 Å². The molecule has 0 saturated heterocycles. The van der Waals surface area contributed by atoms with E-state index in [0.717, 1.165) is 11.8 Å². The van der Waals surface area contributed by atoms with E-state index < -0.39 is 11.0 Å². The smallest absolute Gasteiger partial charge is 0.302 e. The molecule has 3 nitrogen and oxygen atoms in total. The Morgan fingerprint density at radius 1 is 1.23 bits per heavy atom. The van der Waals surface area contributed by atoms with E-state index in [1.165, 1.54) is 0 Å². The van der Waals surface area contributed by atoms with Gasteiger partial charge in [0.1, 0.15) is 0 Å². The van der Waals surface area contributed by atoms with Gasteiger partial charge in [-0.25, -0.2) is 0 Å². The van der Waals surface area contributed by atoms with Crippen LogP contribution in [0, 0.1) is 0 Å². The monoisotopic (exact) mass is 195 g/mol. The van der Waals surface area contributed by atoms with Gasteiger partial charge in [0.15, 0.2) is 0 Å². The number of carbonyl (C=O) groups is 2. The molecule has 4 heteroatoms. The Kier molecular flexibility index (Phi) is 3.52. The molecule has 1 rings (SSSR count). The first-order chi connectivity index (χ1) is 6.24. The third-order valence-corrected chi connectivity index (χ3v) is 1.96. The first-order valence-corrected chi connectivity index (χ1v) is 4.91. The van der Waals surface area contributed by atoms with Crippen LogP contribution in [0.2, 0.25) is 0 Å². The predicted octanol–water partition coefficient (Wildman–Crippen LogP) is 1.51. The summed E-state index contributed by atoms with van der Waals surface area (Å²) >= 11 is 0.901. The van der Waals surface area contributed by atoms with Crippen LogP contribution >= 0.6 is 11.8 Å². The van der Waals surface area contributed by atoms with Gasteiger partial charge >= 0.3 is 5.91 Å². The molecule has 0 spiro atoms. The standard InChI is InChI=1S/C9H9NO2S/c1-13-9(12)8(11)10-7-5-3-2-4-6-7/h2-6H,1H3,(H,10,11). The first-order valence-electron chi connectivity index (χ1n) is 3.68. The number of para-hydroxylation sites is 1. The highest BCUT2D eigenvalue weighted by atomic mass is 32.2. The fourth-order valence-corrected chi connectivity index (χ4v) is 1.03. The zero-order valence-electron chi connectivity index (χ0n) is 7.11. The number of amides is 1. The second kappa shape index (κ2) is 4.67. The molecule has 1 aromatic rings. The van der Waals surface area contributed by atoms with Crippen LogP contribution < -0.4 is 5.32 Å². The van der Waals surface area contributed by atoms with Crippen molar-refractivity contribution in [1.82, 2.24) is 0 Å². The SMILES string of the molecule is CSC(=O)C(=O)Nc1ccccc1. The number of thioether (sulfide) groups is 1. The predicted molar refractivity (Wildman–Crippen MR) is 53.6 cm³/mol. The van der Waals surface area contributed by atoms with Crippen molar-refractivity contribution in [1.29, 1.82) is 0 Å². The molecular formula is C9H9NO2S. The molecule has 0 aromatic heterocycles. The van der Waals surface area contributed by atoms with Gasteiger partial charge in [-0.15, -0.1) is 0 Å². The Morgan fingerprint density at radius 3 is 2.38 bits per heavy atom. The minimum atomic E-state index is -0.585. The molecule has 0 heterocycles. The Labute approximate surface area is 80.5 Å². The number of nitrogens with one attached hydrogen (secondary N) is 1. The van der Waals surface area contributed by atoms with E-state index in [1.807, 2.05) is 6.07 Å². The number of benzene rings is 1. The fraction of sp³-hybridized carbons (Fsp3) is 0.111. The summed E-state index contributed by atoms with van der Waals surface area (Å²) in [6, 6.07) is 8.88. The maximum atomic E-state index is 11.1. The quantitative estimate of drug-likeness (QED) is 0.691. The van der Waals surface area contributed by atoms with Gasteiger partial charge in [-0.3, -0.25) is 9.59 Å². The highest BCUT2D eigenvalue weighted by molar-refractivity contribution is 8.14. The third-order valence-electron chi connectivity index (χ3n) is 1.40. The highest BCUT2D eigenvalue weighted by Crippen LogP contribution is 2.06. The molecule has 0 unspecified atom stereocenters. The van der Waals surface area contributed by atoms with Crippen LogP contribution in [0.5, 0.6) is 0 Å². The average Bonchev–Trinajstić information content (AvgIpc) is 2.18. The van der Waals surface area contributed by atoms with E-state index in [0.29, 0.717) is 5.69 Å². The lowest BCUT2D eigenvalue weighted by Crippen LogP contribution is -2.19. The summed E-state index contributed by atoms with van der Waals surface area (Å²) in [5.74, 6) is -0.585. The molecule has 1 N–H and O–H groups in total. The third kappa shape index (κ3) is 2.91. The van der Waals surface area contributed by atoms with Gasteiger partial charge in [0.2, 0.25) is 0 Å². The van der Waals surface area contributed by atoms with Crippen molar-refractivity contribution in [2.24, 2.45) is 0 Å². The van der Waals surface area contributed by atoms with Gasteiger partial charge in [-0.1, -0.05) is 30.0 Å². The van der Waals surface area contributed by atoms with Crippen LogP contribution in [0.1, 0.15) is 0 Å². The Morgan fingerprint density at radius 2 is 1.85 bits per heavy atom. The van der Waals surface area contributed by atoms with Crippen LogP contribution in [0.3, 0.4) is 0 Å². The maximum absolute atomic E-state index is 11.1. The van der Waals surface area contributed by atoms with Crippen LogP contribution in [0.4, 0.5) is 5.69 Å². The van der Waals surface area contributed by atoms with Gasteiger partial charge in [0.05, 0.1) is 0 Å². The van der Waals surface area contributed by atoms with E-state index in [1.54, 1.807) is 30.5 Å². The molecule has 0 aliphatic carbocycles. The molecule has 0 bridgehead atoms. The summed E-state index contributed by atoms with van der Waals surface area (Å²) in [5.41, 5.74) is 0.634. The molecule has 68 valence electrons. The number of hydrogen-bond donors (Lipinski definition) is 1. The number of carbonyl (C=O) groups excluding carboxylic acids is 2.